The van der Waals surface area contributed by atoms with E-state index in [0.717, 1.165) is 25.7 Å². The maximum Gasteiger partial charge on any atom is 0.208 e. The van der Waals surface area contributed by atoms with Gasteiger partial charge >= 0.3 is 0 Å². The summed E-state index contributed by atoms with van der Waals surface area (Å²) in [5.41, 5.74) is 0. The number of rotatable bonds is 3. The number of allylic oxidation sites excluding steroid dienone is 2. The van der Waals surface area contributed by atoms with E-state index in [1.165, 1.54) is 0 Å². The van der Waals surface area contributed by atoms with E-state index in [4.69, 9.17) is 0 Å². The third kappa shape index (κ3) is 2.99. The lowest BCUT2D eigenvalue weighted by Gasteiger charge is -2.07. The van der Waals surface area contributed by atoms with Gasteiger partial charge in [-0.25, -0.2) is 4.99 Å². The van der Waals surface area contributed by atoms with Crippen molar-refractivity contribution < 1.29 is 4.39 Å². The molecule has 1 aliphatic rings. The summed E-state index contributed by atoms with van der Waals surface area (Å²) in [4.78, 5) is 3.63. The molecule has 1 heterocycles. The fourth-order valence-corrected chi connectivity index (χ4v) is 1.32. The molecule has 0 fully saturated rings. The molecule has 0 radical (unpaired) electrons. The van der Waals surface area contributed by atoms with Gasteiger partial charge in [0.25, 0.3) is 0 Å². The minimum absolute atomic E-state index is 0.332. The fraction of sp³-hybridized carbons (Fsp3) is 0.500. The third-order valence-electron chi connectivity index (χ3n) is 2.00. The van der Waals surface area contributed by atoms with Crippen LogP contribution in [0.4, 0.5) is 4.39 Å². The Morgan fingerprint density at radius 3 is 3.33 bits per heavy atom. The average Bonchev–Trinajstić information content (AvgIpc) is 2.26. The van der Waals surface area contributed by atoms with Gasteiger partial charge in [-0.15, -0.1) is 6.58 Å². The van der Waals surface area contributed by atoms with Crippen molar-refractivity contribution in [3.63, 3.8) is 0 Å². The van der Waals surface area contributed by atoms with Crippen LogP contribution in [0.5, 0.6) is 0 Å². The van der Waals surface area contributed by atoms with Crippen molar-refractivity contribution in [2.45, 2.75) is 25.7 Å². The predicted molar refractivity (Wildman–Crippen MR) is 49.8 cm³/mol. The van der Waals surface area contributed by atoms with Crippen LogP contribution in [0.15, 0.2) is 29.7 Å². The summed E-state index contributed by atoms with van der Waals surface area (Å²) >= 11 is 0. The maximum absolute atomic E-state index is 12.8. The zero-order valence-electron chi connectivity index (χ0n) is 7.17. The number of hydrogen-bond acceptors (Lipinski definition) is 1. The zero-order valence-corrected chi connectivity index (χ0v) is 7.17. The average molecular weight is 167 g/mol. The molecule has 2 heteroatoms. The van der Waals surface area contributed by atoms with Crippen LogP contribution in [-0.2, 0) is 0 Å². The van der Waals surface area contributed by atoms with E-state index in [-0.39, 0.29) is 5.95 Å². The van der Waals surface area contributed by atoms with E-state index in [1.807, 2.05) is 6.08 Å². The first-order valence-corrected chi connectivity index (χ1v) is 4.33. The minimum Gasteiger partial charge on any atom is -0.233 e. The highest BCUT2D eigenvalue weighted by Crippen LogP contribution is 2.20. The van der Waals surface area contributed by atoms with Gasteiger partial charge in [0.2, 0.25) is 5.95 Å². The lowest BCUT2D eigenvalue weighted by Crippen LogP contribution is -1.95. The number of halogens is 1. The molecule has 0 aromatic rings. The van der Waals surface area contributed by atoms with Crippen molar-refractivity contribution in [2.24, 2.45) is 10.9 Å². The summed E-state index contributed by atoms with van der Waals surface area (Å²) in [7, 11) is 0. The highest BCUT2D eigenvalue weighted by Gasteiger charge is 2.08. The van der Waals surface area contributed by atoms with E-state index in [9.17, 15) is 4.39 Å². The topological polar surface area (TPSA) is 12.4 Å². The Morgan fingerprint density at radius 1 is 1.75 bits per heavy atom. The van der Waals surface area contributed by atoms with Crippen molar-refractivity contribution in [2.75, 3.05) is 0 Å². The van der Waals surface area contributed by atoms with Crippen molar-refractivity contribution in [1.29, 1.82) is 0 Å². The van der Waals surface area contributed by atoms with Crippen LogP contribution in [0.2, 0.25) is 0 Å². The molecule has 0 amide bonds. The Bertz CT molecular complexity index is 206. The second-order valence-corrected chi connectivity index (χ2v) is 3.00. The molecule has 0 aromatic heterocycles. The summed E-state index contributed by atoms with van der Waals surface area (Å²) in [5, 5.41) is 0. The van der Waals surface area contributed by atoms with Gasteiger partial charge < -0.3 is 0 Å². The molecule has 0 spiro atoms. The largest absolute Gasteiger partial charge is 0.233 e. The maximum atomic E-state index is 12.8. The van der Waals surface area contributed by atoms with Crippen LogP contribution in [0.1, 0.15) is 25.7 Å². The van der Waals surface area contributed by atoms with Gasteiger partial charge in [0, 0.05) is 6.21 Å². The van der Waals surface area contributed by atoms with E-state index in [1.54, 1.807) is 12.3 Å². The zero-order chi connectivity index (χ0) is 8.81. The number of hydrogen-bond donors (Lipinski definition) is 0. The molecule has 1 nitrogen and oxygen atoms in total. The van der Waals surface area contributed by atoms with Gasteiger partial charge in [-0.2, -0.15) is 4.39 Å². The first-order chi connectivity index (χ1) is 5.83. The van der Waals surface area contributed by atoms with Gasteiger partial charge in [-0.05, 0) is 37.7 Å². The van der Waals surface area contributed by atoms with Crippen LogP contribution in [0.3, 0.4) is 0 Å². The Morgan fingerprint density at radius 2 is 2.58 bits per heavy atom. The number of nitrogens with zero attached hydrogens (tertiary/aromatic N) is 1. The molecule has 1 aliphatic heterocycles. The highest BCUT2D eigenvalue weighted by molar-refractivity contribution is 5.59. The van der Waals surface area contributed by atoms with Crippen molar-refractivity contribution in [3.8, 4) is 0 Å². The van der Waals surface area contributed by atoms with Crippen molar-refractivity contribution in [1.82, 2.24) is 0 Å². The smallest absolute Gasteiger partial charge is 0.208 e. The Labute approximate surface area is 72.7 Å². The van der Waals surface area contributed by atoms with Crippen molar-refractivity contribution in [3.05, 3.63) is 24.7 Å². The molecule has 0 bridgehead atoms. The monoisotopic (exact) mass is 167 g/mol. The van der Waals surface area contributed by atoms with Crippen LogP contribution in [-0.4, -0.2) is 6.21 Å². The van der Waals surface area contributed by atoms with E-state index in [2.05, 4.69) is 11.6 Å². The molecule has 1 rings (SSSR count). The Hall–Kier alpha value is -0.920. The van der Waals surface area contributed by atoms with E-state index in [0.29, 0.717) is 5.92 Å². The minimum atomic E-state index is -0.332. The Balaban J connectivity index is 2.44. The predicted octanol–water partition coefficient (Wildman–Crippen LogP) is 3.24. The van der Waals surface area contributed by atoms with Crippen LogP contribution < -0.4 is 0 Å². The standard InChI is InChI=1S/C10H14FN/c1-2-3-5-9-6-4-7-12-10(11)8-9/h2,7-9H,1,3-6H2. The van der Waals surface area contributed by atoms with Gasteiger partial charge in [0.15, 0.2) is 0 Å². The summed E-state index contributed by atoms with van der Waals surface area (Å²) in [6.45, 7) is 3.64. The molecule has 12 heavy (non-hydrogen) atoms. The molecule has 0 saturated carbocycles. The molecule has 0 aliphatic carbocycles. The number of aliphatic imine (C=N–C) groups is 1. The Kier molecular flexibility index (Phi) is 3.71. The lowest BCUT2D eigenvalue weighted by atomic mass is 9.98. The molecule has 1 atom stereocenters. The second kappa shape index (κ2) is 4.86. The summed E-state index contributed by atoms with van der Waals surface area (Å²) in [6.07, 6.45) is 8.97. The van der Waals surface area contributed by atoms with Gasteiger partial charge in [-0.1, -0.05) is 6.08 Å². The van der Waals surface area contributed by atoms with Crippen LogP contribution in [0.25, 0.3) is 0 Å². The van der Waals surface area contributed by atoms with Gasteiger partial charge in [0.05, 0.1) is 0 Å². The van der Waals surface area contributed by atoms with Gasteiger partial charge in [-0.3, -0.25) is 0 Å². The molecule has 1 unspecified atom stereocenters. The van der Waals surface area contributed by atoms with E-state index >= 15 is 0 Å². The fourth-order valence-electron chi connectivity index (χ4n) is 1.32. The lowest BCUT2D eigenvalue weighted by molar-refractivity contribution is 0.542. The third-order valence-corrected chi connectivity index (χ3v) is 2.00. The molecule has 0 saturated heterocycles. The summed E-state index contributed by atoms with van der Waals surface area (Å²) in [6, 6.07) is 0. The van der Waals surface area contributed by atoms with Crippen LogP contribution >= 0.6 is 0 Å². The molecule has 0 N–H and O–H groups in total. The quantitative estimate of drug-likeness (QED) is 0.452. The molecular weight excluding hydrogens is 153 g/mol. The normalized spacial score (nSPS) is 23.1. The molecular formula is C10H14FN. The molecule has 66 valence electrons. The SMILES string of the molecule is C=CCCC1C=C(F)N=CCC1. The molecule has 0 aromatic carbocycles. The second-order valence-electron chi connectivity index (χ2n) is 3.00. The summed E-state index contributed by atoms with van der Waals surface area (Å²) in [5.74, 6) is 0.00654. The van der Waals surface area contributed by atoms with E-state index < -0.39 is 0 Å². The van der Waals surface area contributed by atoms with Crippen LogP contribution in [0, 0.1) is 5.92 Å². The highest BCUT2D eigenvalue weighted by atomic mass is 19.1. The van der Waals surface area contributed by atoms with Gasteiger partial charge in [0.1, 0.15) is 0 Å². The first kappa shape index (κ1) is 9.17. The first-order valence-electron chi connectivity index (χ1n) is 4.33. The van der Waals surface area contributed by atoms with Crippen molar-refractivity contribution >= 4 is 6.21 Å². The summed E-state index contributed by atoms with van der Waals surface area (Å²) < 4.78 is 12.8.